The minimum atomic E-state index is -1.02. The smallest absolute Gasteiger partial charge is 0.201 e. The van der Waals surface area contributed by atoms with E-state index in [-0.39, 0.29) is 80.7 Å². The molecule has 0 spiro atoms. The first-order valence-electron chi connectivity index (χ1n) is 19.7. The number of hydrogen-bond acceptors (Lipinski definition) is 9. The third-order valence-corrected chi connectivity index (χ3v) is 10.6. The number of ketones is 3. The Balaban J connectivity index is 1.78. The molecule has 0 saturated carbocycles. The lowest BCUT2D eigenvalue weighted by molar-refractivity contribution is 0.0973. The van der Waals surface area contributed by atoms with Gasteiger partial charge >= 0.3 is 0 Å². The van der Waals surface area contributed by atoms with Gasteiger partial charge in [-0.3, -0.25) is 14.4 Å². The Morgan fingerprint density at radius 2 is 1.38 bits per heavy atom. The van der Waals surface area contributed by atoms with Gasteiger partial charge in [-0.05, 0) is 109 Å². The summed E-state index contributed by atoms with van der Waals surface area (Å²) in [4.78, 5) is 42.3. The standard InChI is InChI=1S/C49H54O9/c1-27(2)14-12-16-29(5)20-21-58-39-26-37(51)44(45(52)32-18-10-9-11-19-32)49(56)42(39)33(22-30(6)17-13-15-28(3)4)41-38(57-8)25-35-43(48(41)55)47(54)40-34(46(35)53)23-31(7)24-36(40)50/h9-11,14-15,18-20,23-26,30,33,50-51,55-56H,12-13,16-17,21-22H2,1-8H3/b29-20+/t30-,33-/m0/s1. The molecular weight excluding hydrogens is 733 g/mol. The normalized spacial score (nSPS) is 13.3. The van der Waals surface area contributed by atoms with E-state index in [1.165, 1.54) is 36.9 Å². The average molecular weight is 787 g/mol. The van der Waals surface area contributed by atoms with Crippen molar-refractivity contribution in [2.45, 2.75) is 86.5 Å². The molecule has 2 atom stereocenters. The van der Waals surface area contributed by atoms with E-state index in [4.69, 9.17) is 9.47 Å². The molecule has 0 amide bonds. The van der Waals surface area contributed by atoms with Gasteiger partial charge in [0.2, 0.25) is 11.6 Å². The Labute approximate surface area is 341 Å². The molecule has 0 saturated heterocycles. The van der Waals surface area contributed by atoms with E-state index in [0.717, 1.165) is 30.4 Å². The van der Waals surface area contributed by atoms with Crippen LogP contribution in [0.2, 0.25) is 0 Å². The Morgan fingerprint density at radius 3 is 2.03 bits per heavy atom. The van der Waals surface area contributed by atoms with Gasteiger partial charge in [0.15, 0.2) is 5.78 Å². The molecule has 1 aliphatic carbocycles. The fraction of sp³-hybridized carbons (Fsp3) is 0.327. The number of carbonyl (C=O) groups excluding carboxylic acids is 3. The molecule has 9 heteroatoms. The zero-order chi connectivity index (χ0) is 42.4. The summed E-state index contributed by atoms with van der Waals surface area (Å²) in [6, 6.07) is 13.9. The summed E-state index contributed by atoms with van der Waals surface area (Å²) in [5.74, 6) is -4.98. The van der Waals surface area contributed by atoms with E-state index in [2.05, 4.69) is 12.2 Å². The molecule has 4 aromatic rings. The number of phenols is 4. The molecule has 5 rings (SSSR count). The molecule has 0 unspecified atom stereocenters. The van der Waals surface area contributed by atoms with E-state index in [0.29, 0.717) is 12.0 Å². The first kappa shape index (κ1) is 43.0. The molecule has 58 heavy (non-hydrogen) atoms. The lowest BCUT2D eigenvalue weighted by atomic mass is 9.76. The van der Waals surface area contributed by atoms with Crippen molar-refractivity contribution in [2.24, 2.45) is 5.92 Å². The summed E-state index contributed by atoms with van der Waals surface area (Å²) >= 11 is 0. The van der Waals surface area contributed by atoms with Gasteiger partial charge < -0.3 is 29.9 Å². The molecular formula is C49H54O9. The van der Waals surface area contributed by atoms with Crippen LogP contribution in [0.25, 0.3) is 0 Å². The molecule has 0 bridgehead atoms. The second kappa shape index (κ2) is 18.4. The SMILES string of the molecule is COc1cc2c(c(O)c1[C@H](C[C@@H](C)CCC=C(C)C)c1c(OC/C=C(\C)CCC=C(C)C)cc(O)c(C(=O)c3ccccc3)c1O)C(=O)c1c(O)cc(C)cc1C2=O. The summed E-state index contributed by atoms with van der Waals surface area (Å²) in [7, 11) is 1.38. The fourth-order valence-electron chi connectivity index (χ4n) is 7.61. The van der Waals surface area contributed by atoms with Crippen molar-refractivity contribution in [3.05, 3.63) is 140 Å². The van der Waals surface area contributed by atoms with Crippen LogP contribution in [0.15, 0.2) is 89.5 Å². The number of hydrogen-bond donors (Lipinski definition) is 4. The molecule has 4 aromatic carbocycles. The molecule has 4 N–H and O–H groups in total. The molecule has 0 radical (unpaired) electrons. The van der Waals surface area contributed by atoms with Gasteiger partial charge in [0.25, 0.3) is 0 Å². The van der Waals surface area contributed by atoms with Crippen LogP contribution in [-0.2, 0) is 0 Å². The Hall–Kier alpha value is -6.09. The minimum Gasteiger partial charge on any atom is -0.507 e. The monoisotopic (exact) mass is 786 g/mol. The van der Waals surface area contributed by atoms with Crippen molar-refractivity contribution >= 4 is 17.3 Å². The summed E-state index contributed by atoms with van der Waals surface area (Å²) in [5, 5.41) is 47.1. The van der Waals surface area contributed by atoms with Gasteiger partial charge in [0.05, 0.1) is 18.2 Å². The van der Waals surface area contributed by atoms with Crippen LogP contribution in [0.1, 0.15) is 144 Å². The van der Waals surface area contributed by atoms with Crippen LogP contribution in [0.4, 0.5) is 0 Å². The van der Waals surface area contributed by atoms with Crippen molar-refractivity contribution in [3.8, 4) is 34.5 Å². The van der Waals surface area contributed by atoms with Crippen molar-refractivity contribution in [3.63, 3.8) is 0 Å². The maximum Gasteiger partial charge on any atom is 0.201 e. The zero-order valence-corrected chi connectivity index (χ0v) is 34.7. The predicted octanol–water partition coefficient (Wildman–Crippen LogP) is 10.8. The Kier molecular flexibility index (Phi) is 13.7. The first-order chi connectivity index (χ1) is 27.5. The maximum absolute atomic E-state index is 14.3. The Morgan fingerprint density at radius 1 is 0.741 bits per heavy atom. The molecule has 0 aliphatic heterocycles. The molecule has 0 fully saturated rings. The second-order valence-electron chi connectivity index (χ2n) is 15.8. The van der Waals surface area contributed by atoms with Gasteiger partial charge in [0, 0.05) is 39.8 Å². The highest BCUT2D eigenvalue weighted by Gasteiger charge is 2.40. The van der Waals surface area contributed by atoms with Crippen molar-refractivity contribution < 1.29 is 44.3 Å². The van der Waals surface area contributed by atoms with Crippen LogP contribution in [0.5, 0.6) is 34.5 Å². The summed E-state index contributed by atoms with van der Waals surface area (Å²) in [5.41, 5.74) is 3.40. The van der Waals surface area contributed by atoms with Gasteiger partial charge in [-0.15, -0.1) is 0 Å². The number of ether oxygens (including phenoxy) is 2. The van der Waals surface area contributed by atoms with E-state index >= 15 is 0 Å². The van der Waals surface area contributed by atoms with Gasteiger partial charge in [-0.2, -0.15) is 0 Å². The van der Waals surface area contributed by atoms with E-state index in [1.807, 2.05) is 47.6 Å². The third-order valence-electron chi connectivity index (χ3n) is 10.6. The number of aromatic hydroxyl groups is 4. The third kappa shape index (κ3) is 9.20. The molecule has 1 aliphatic rings. The highest BCUT2D eigenvalue weighted by atomic mass is 16.5. The van der Waals surface area contributed by atoms with Crippen LogP contribution < -0.4 is 9.47 Å². The zero-order valence-electron chi connectivity index (χ0n) is 34.7. The van der Waals surface area contributed by atoms with Gasteiger partial charge in [-0.1, -0.05) is 66.1 Å². The summed E-state index contributed by atoms with van der Waals surface area (Å²) in [6.07, 6.45) is 9.50. The number of allylic oxidation sites excluding steroid dienone is 5. The fourth-order valence-corrected chi connectivity index (χ4v) is 7.61. The summed E-state index contributed by atoms with van der Waals surface area (Å²) in [6.45, 7) is 13.9. The minimum absolute atomic E-state index is 0.00813. The number of fused-ring (bicyclic) bond motifs is 2. The Bertz CT molecular complexity index is 2320. The number of methoxy groups -OCH3 is 1. The largest absolute Gasteiger partial charge is 0.507 e. The van der Waals surface area contributed by atoms with E-state index in [9.17, 15) is 34.8 Å². The quantitative estimate of drug-likeness (QED) is 0.0566. The van der Waals surface area contributed by atoms with Crippen molar-refractivity contribution in [1.82, 2.24) is 0 Å². The topological polar surface area (TPSA) is 151 Å². The number of carbonyl (C=O) groups is 3. The average Bonchev–Trinajstić information content (AvgIpc) is 3.15. The molecule has 9 nitrogen and oxygen atoms in total. The highest BCUT2D eigenvalue weighted by molar-refractivity contribution is 6.30. The molecule has 0 heterocycles. The maximum atomic E-state index is 14.3. The van der Waals surface area contributed by atoms with E-state index < -0.39 is 40.5 Å². The van der Waals surface area contributed by atoms with Crippen molar-refractivity contribution in [1.29, 1.82) is 0 Å². The predicted molar refractivity (Wildman–Crippen MR) is 226 cm³/mol. The first-order valence-corrected chi connectivity index (χ1v) is 19.7. The van der Waals surface area contributed by atoms with Crippen LogP contribution in [0.3, 0.4) is 0 Å². The van der Waals surface area contributed by atoms with Gasteiger partial charge in [0.1, 0.15) is 46.7 Å². The summed E-state index contributed by atoms with van der Waals surface area (Å²) < 4.78 is 12.3. The highest BCUT2D eigenvalue weighted by Crippen LogP contribution is 2.53. The number of rotatable bonds is 16. The van der Waals surface area contributed by atoms with E-state index in [1.54, 1.807) is 37.3 Å². The van der Waals surface area contributed by atoms with Crippen LogP contribution >= 0.6 is 0 Å². The molecule has 0 aromatic heterocycles. The lowest BCUT2D eigenvalue weighted by Gasteiger charge is -2.30. The van der Waals surface area contributed by atoms with Gasteiger partial charge in [-0.25, -0.2) is 0 Å². The van der Waals surface area contributed by atoms with Crippen LogP contribution in [0, 0.1) is 12.8 Å². The number of phenolic OH excluding ortho intramolecular Hbond substituents is 4. The van der Waals surface area contributed by atoms with Crippen LogP contribution in [-0.4, -0.2) is 51.5 Å². The second-order valence-corrected chi connectivity index (χ2v) is 15.8. The lowest BCUT2D eigenvalue weighted by Crippen LogP contribution is -2.23. The number of benzene rings is 4. The van der Waals surface area contributed by atoms with Crippen molar-refractivity contribution in [2.75, 3.05) is 13.7 Å². The number of aryl methyl sites for hydroxylation is 1. The molecule has 304 valence electrons.